The van der Waals surface area contributed by atoms with Crippen LogP contribution in [0.2, 0.25) is 10.0 Å². The van der Waals surface area contributed by atoms with Gasteiger partial charge in [0, 0.05) is 6.54 Å². The van der Waals surface area contributed by atoms with Crippen molar-refractivity contribution in [2.75, 3.05) is 11.9 Å². The molecule has 0 saturated carbocycles. The summed E-state index contributed by atoms with van der Waals surface area (Å²) < 4.78 is 0. The molecule has 5 heteroatoms. The normalized spacial score (nSPS) is 13.2. The fraction of sp³-hybridized carbons (Fsp3) is 0.500. The summed E-state index contributed by atoms with van der Waals surface area (Å²) >= 11 is 12.0. The van der Waals surface area contributed by atoms with Crippen molar-refractivity contribution in [3.05, 3.63) is 28.2 Å². The SMILES string of the molecule is CC(C)(C)CC(CN)C(=O)Nc1c(Cl)cccc1Cl. The highest BCUT2D eigenvalue weighted by molar-refractivity contribution is 6.39. The van der Waals surface area contributed by atoms with Crippen LogP contribution in [0.4, 0.5) is 5.69 Å². The number of carbonyl (C=O) groups excluding carboxylic acids is 1. The number of carbonyl (C=O) groups is 1. The van der Waals surface area contributed by atoms with E-state index >= 15 is 0 Å². The van der Waals surface area contributed by atoms with Crippen LogP contribution in [-0.4, -0.2) is 12.5 Å². The van der Waals surface area contributed by atoms with Crippen molar-refractivity contribution in [2.24, 2.45) is 17.1 Å². The third kappa shape index (κ3) is 5.01. The van der Waals surface area contributed by atoms with E-state index in [0.717, 1.165) is 0 Å². The topological polar surface area (TPSA) is 55.1 Å². The third-order valence-electron chi connectivity index (χ3n) is 2.73. The Morgan fingerprint density at radius 1 is 1.32 bits per heavy atom. The molecule has 0 saturated heterocycles. The number of halogens is 2. The first kappa shape index (κ1) is 16.3. The zero-order valence-corrected chi connectivity index (χ0v) is 13.0. The molecule has 0 aliphatic carbocycles. The van der Waals surface area contributed by atoms with E-state index in [1.54, 1.807) is 18.2 Å². The first-order chi connectivity index (χ1) is 8.74. The van der Waals surface area contributed by atoms with E-state index < -0.39 is 0 Å². The number of hydrogen-bond donors (Lipinski definition) is 2. The van der Waals surface area contributed by atoms with Crippen LogP contribution in [-0.2, 0) is 4.79 Å². The number of para-hydroxylation sites is 1. The quantitative estimate of drug-likeness (QED) is 0.885. The van der Waals surface area contributed by atoms with Gasteiger partial charge in [-0.1, -0.05) is 50.0 Å². The standard InChI is InChI=1S/C14H20Cl2N2O/c1-14(2,3)7-9(8-17)13(19)18-12-10(15)5-4-6-11(12)16/h4-6,9H,7-8,17H2,1-3H3,(H,18,19). The molecular formula is C14H20Cl2N2O. The molecule has 0 aliphatic heterocycles. The number of benzene rings is 1. The molecule has 0 aromatic heterocycles. The predicted octanol–water partition coefficient (Wildman–Crippen LogP) is 3.94. The van der Waals surface area contributed by atoms with Gasteiger partial charge in [0.15, 0.2) is 0 Å². The molecule has 3 N–H and O–H groups in total. The molecular weight excluding hydrogens is 283 g/mol. The molecule has 0 bridgehead atoms. The zero-order valence-electron chi connectivity index (χ0n) is 11.5. The third-order valence-corrected chi connectivity index (χ3v) is 3.35. The molecule has 0 aliphatic rings. The van der Waals surface area contributed by atoms with Crippen LogP contribution in [0.25, 0.3) is 0 Å². The van der Waals surface area contributed by atoms with Gasteiger partial charge in [0.25, 0.3) is 0 Å². The molecule has 1 amide bonds. The van der Waals surface area contributed by atoms with Gasteiger partial charge in [-0.15, -0.1) is 0 Å². The summed E-state index contributed by atoms with van der Waals surface area (Å²) in [6.45, 7) is 6.52. The van der Waals surface area contributed by atoms with Gasteiger partial charge in [0.2, 0.25) is 5.91 Å². The average molecular weight is 303 g/mol. The molecule has 1 unspecified atom stereocenters. The smallest absolute Gasteiger partial charge is 0.228 e. The summed E-state index contributed by atoms with van der Waals surface area (Å²) in [6, 6.07) is 5.10. The van der Waals surface area contributed by atoms with Crippen molar-refractivity contribution in [2.45, 2.75) is 27.2 Å². The van der Waals surface area contributed by atoms with Crippen LogP contribution in [0.15, 0.2) is 18.2 Å². The van der Waals surface area contributed by atoms with Crippen molar-refractivity contribution < 1.29 is 4.79 Å². The maximum absolute atomic E-state index is 12.2. The maximum Gasteiger partial charge on any atom is 0.228 e. The van der Waals surface area contributed by atoms with Crippen molar-refractivity contribution in [1.82, 2.24) is 0 Å². The Morgan fingerprint density at radius 3 is 2.26 bits per heavy atom. The number of nitrogens with two attached hydrogens (primary N) is 1. The highest BCUT2D eigenvalue weighted by atomic mass is 35.5. The number of amides is 1. The van der Waals surface area contributed by atoms with Gasteiger partial charge < -0.3 is 11.1 Å². The number of rotatable bonds is 4. The van der Waals surface area contributed by atoms with E-state index in [0.29, 0.717) is 28.7 Å². The fourth-order valence-corrected chi connectivity index (χ4v) is 2.36. The molecule has 106 valence electrons. The minimum absolute atomic E-state index is 0.0334. The van der Waals surface area contributed by atoms with E-state index in [4.69, 9.17) is 28.9 Å². The fourth-order valence-electron chi connectivity index (χ4n) is 1.86. The Labute approximate surface area is 124 Å². The molecule has 0 radical (unpaired) electrons. The lowest BCUT2D eigenvalue weighted by molar-refractivity contribution is -0.120. The van der Waals surface area contributed by atoms with Crippen LogP contribution in [0, 0.1) is 11.3 Å². The Balaban J connectivity index is 2.83. The van der Waals surface area contributed by atoms with E-state index in [9.17, 15) is 4.79 Å². The molecule has 1 aromatic rings. The zero-order chi connectivity index (χ0) is 14.6. The number of anilines is 1. The van der Waals surface area contributed by atoms with Crippen LogP contribution in [0.5, 0.6) is 0 Å². The molecule has 0 heterocycles. The van der Waals surface area contributed by atoms with Crippen molar-refractivity contribution in [3.63, 3.8) is 0 Å². The highest BCUT2D eigenvalue weighted by Crippen LogP contribution is 2.31. The predicted molar refractivity (Wildman–Crippen MR) is 81.7 cm³/mol. The lowest BCUT2D eigenvalue weighted by Gasteiger charge is -2.24. The highest BCUT2D eigenvalue weighted by Gasteiger charge is 2.24. The Kier molecular flexibility index (Phi) is 5.65. The van der Waals surface area contributed by atoms with Crippen molar-refractivity contribution >= 4 is 34.8 Å². The summed E-state index contributed by atoms with van der Waals surface area (Å²) in [5.74, 6) is -0.403. The Bertz CT molecular complexity index is 435. The summed E-state index contributed by atoms with van der Waals surface area (Å²) in [5.41, 5.74) is 6.16. The van der Waals surface area contributed by atoms with Crippen molar-refractivity contribution in [1.29, 1.82) is 0 Å². The van der Waals surface area contributed by atoms with Crippen molar-refractivity contribution in [3.8, 4) is 0 Å². The summed E-state index contributed by atoms with van der Waals surface area (Å²) in [4.78, 5) is 12.2. The molecule has 19 heavy (non-hydrogen) atoms. The Morgan fingerprint density at radius 2 is 1.84 bits per heavy atom. The van der Waals surface area contributed by atoms with Gasteiger partial charge in [0.05, 0.1) is 21.7 Å². The van der Waals surface area contributed by atoms with Gasteiger partial charge in [-0.2, -0.15) is 0 Å². The van der Waals surface area contributed by atoms with Gasteiger partial charge >= 0.3 is 0 Å². The lowest BCUT2D eigenvalue weighted by atomic mass is 9.84. The van der Waals surface area contributed by atoms with Gasteiger partial charge in [-0.25, -0.2) is 0 Å². The first-order valence-electron chi connectivity index (χ1n) is 6.19. The second-order valence-corrected chi connectivity index (χ2v) is 6.60. The average Bonchev–Trinajstić information content (AvgIpc) is 2.29. The van der Waals surface area contributed by atoms with Gasteiger partial charge in [-0.3, -0.25) is 4.79 Å². The van der Waals surface area contributed by atoms with E-state index in [1.807, 2.05) is 0 Å². The number of hydrogen-bond acceptors (Lipinski definition) is 2. The molecule has 1 atom stereocenters. The lowest BCUT2D eigenvalue weighted by Crippen LogP contribution is -2.32. The minimum Gasteiger partial charge on any atom is -0.330 e. The van der Waals surface area contributed by atoms with E-state index in [1.165, 1.54) is 0 Å². The van der Waals surface area contributed by atoms with Crippen LogP contribution in [0.1, 0.15) is 27.2 Å². The Hall–Kier alpha value is -0.770. The van der Waals surface area contributed by atoms with Crippen LogP contribution < -0.4 is 11.1 Å². The summed E-state index contributed by atoms with van der Waals surface area (Å²) in [7, 11) is 0. The van der Waals surface area contributed by atoms with Gasteiger partial charge in [0.1, 0.15) is 0 Å². The van der Waals surface area contributed by atoms with Crippen LogP contribution >= 0.6 is 23.2 Å². The number of nitrogens with one attached hydrogen (secondary N) is 1. The molecule has 1 rings (SSSR count). The molecule has 3 nitrogen and oxygen atoms in total. The summed E-state index contributed by atoms with van der Waals surface area (Å²) in [5, 5.41) is 3.62. The molecule has 0 fully saturated rings. The molecule has 1 aromatic carbocycles. The van der Waals surface area contributed by atoms with E-state index in [-0.39, 0.29) is 17.2 Å². The maximum atomic E-state index is 12.2. The first-order valence-corrected chi connectivity index (χ1v) is 6.95. The largest absolute Gasteiger partial charge is 0.330 e. The second kappa shape index (κ2) is 6.60. The summed E-state index contributed by atoms with van der Waals surface area (Å²) in [6.07, 6.45) is 0.706. The van der Waals surface area contributed by atoms with Crippen LogP contribution in [0.3, 0.4) is 0 Å². The van der Waals surface area contributed by atoms with E-state index in [2.05, 4.69) is 26.1 Å². The minimum atomic E-state index is -0.257. The second-order valence-electron chi connectivity index (χ2n) is 5.78. The monoisotopic (exact) mass is 302 g/mol. The van der Waals surface area contributed by atoms with Gasteiger partial charge in [-0.05, 0) is 24.0 Å². The molecule has 0 spiro atoms.